The van der Waals surface area contributed by atoms with Gasteiger partial charge in [-0.2, -0.15) is 0 Å². The van der Waals surface area contributed by atoms with Gasteiger partial charge in [0.1, 0.15) is 0 Å². The summed E-state index contributed by atoms with van der Waals surface area (Å²) in [7, 11) is 2.09. The van der Waals surface area contributed by atoms with Crippen molar-refractivity contribution in [2.75, 3.05) is 18.9 Å². The summed E-state index contributed by atoms with van der Waals surface area (Å²) in [5.74, 6) is -0.236. The van der Waals surface area contributed by atoms with E-state index < -0.39 is 0 Å². The third-order valence-corrected chi connectivity index (χ3v) is 6.07. The van der Waals surface area contributed by atoms with Gasteiger partial charge in [-0.3, -0.25) is 10.1 Å². The summed E-state index contributed by atoms with van der Waals surface area (Å²) < 4.78 is 5.37. The van der Waals surface area contributed by atoms with Gasteiger partial charge in [-0.25, -0.2) is 9.97 Å². The number of thiazole rings is 1. The van der Waals surface area contributed by atoms with Gasteiger partial charge in [0.2, 0.25) is 0 Å². The first-order valence-electron chi connectivity index (χ1n) is 9.39. The van der Waals surface area contributed by atoms with E-state index in [0.29, 0.717) is 33.2 Å². The minimum atomic E-state index is -0.236. The number of amides is 1. The van der Waals surface area contributed by atoms with Crippen LogP contribution in [0.25, 0.3) is 22.4 Å². The molecule has 3 aromatic heterocycles. The summed E-state index contributed by atoms with van der Waals surface area (Å²) in [5.41, 5.74) is 4.13. The number of carbonyl (C=O) groups excluding carboxylic acids is 1. The summed E-state index contributed by atoms with van der Waals surface area (Å²) in [4.78, 5) is 25.8. The molecular formula is C21H19N5O2S. The lowest BCUT2D eigenvalue weighted by Gasteiger charge is -2.20. The number of fused-ring (bicyclic) bond motifs is 2. The molecule has 0 fully saturated rings. The highest BCUT2D eigenvalue weighted by atomic mass is 32.1. The Kier molecular flexibility index (Phi) is 4.37. The van der Waals surface area contributed by atoms with Crippen LogP contribution >= 0.6 is 11.3 Å². The minimum absolute atomic E-state index is 0.236. The molecule has 0 bridgehead atoms. The average Bonchev–Trinajstić information content (AvgIpc) is 3.30. The molecule has 5 rings (SSSR count). The number of anilines is 1. The third-order valence-electron chi connectivity index (χ3n) is 5.07. The van der Waals surface area contributed by atoms with E-state index in [1.54, 1.807) is 6.07 Å². The highest BCUT2D eigenvalue weighted by molar-refractivity contribution is 7.15. The number of pyridine rings is 1. The fourth-order valence-corrected chi connectivity index (χ4v) is 4.66. The van der Waals surface area contributed by atoms with Crippen LogP contribution in [0.15, 0.2) is 40.9 Å². The molecule has 1 N–H and O–H groups in total. The van der Waals surface area contributed by atoms with Gasteiger partial charge in [-0.15, -0.1) is 11.3 Å². The lowest BCUT2D eigenvalue weighted by Crippen LogP contribution is -2.25. The maximum absolute atomic E-state index is 13.2. The molecule has 0 spiro atoms. The molecule has 0 saturated heterocycles. The number of hydrogen-bond acceptors (Lipinski definition) is 7. The highest BCUT2D eigenvalue weighted by Gasteiger charge is 2.22. The molecule has 0 unspecified atom stereocenters. The third kappa shape index (κ3) is 3.30. The molecule has 0 saturated carbocycles. The molecule has 1 aromatic carbocycles. The van der Waals surface area contributed by atoms with Crippen LogP contribution in [0.4, 0.5) is 5.13 Å². The van der Waals surface area contributed by atoms with Gasteiger partial charge in [0.05, 0.1) is 28.0 Å². The van der Waals surface area contributed by atoms with Gasteiger partial charge in [0.15, 0.2) is 5.13 Å². The van der Waals surface area contributed by atoms with Crippen LogP contribution < -0.4 is 5.32 Å². The number of aromatic nitrogens is 3. The van der Waals surface area contributed by atoms with Crippen molar-refractivity contribution >= 4 is 33.5 Å². The summed E-state index contributed by atoms with van der Waals surface area (Å²) in [6, 6.07) is 11.5. The first-order chi connectivity index (χ1) is 14.1. The summed E-state index contributed by atoms with van der Waals surface area (Å²) in [5, 5.41) is 8.23. The monoisotopic (exact) mass is 405 g/mol. The predicted octanol–water partition coefficient (Wildman–Crippen LogP) is 3.89. The summed E-state index contributed by atoms with van der Waals surface area (Å²) in [6.07, 6.45) is 0.903. The van der Waals surface area contributed by atoms with Crippen LogP contribution in [0.2, 0.25) is 0 Å². The molecule has 7 nitrogen and oxygen atoms in total. The Bertz CT molecular complexity index is 1210. The molecule has 0 atom stereocenters. The van der Waals surface area contributed by atoms with Crippen LogP contribution in [0.5, 0.6) is 0 Å². The molecule has 1 aliphatic heterocycles. The van der Waals surface area contributed by atoms with Crippen molar-refractivity contribution in [2.45, 2.75) is 19.9 Å². The Hall–Kier alpha value is -3.10. The lowest BCUT2D eigenvalue weighted by atomic mass is 10.1. The lowest BCUT2D eigenvalue weighted by molar-refractivity contribution is 0.102. The van der Waals surface area contributed by atoms with Crippen LogP contribution in [-0.4, -0.2) is 39.5 Å². The van der Waals surface area contributed by atoms with Crippen LogP contribution in [0.3, 0.4) is 0 Å². The molecule has 146 valence electrons. The van der Waals surface area contributed by atoms with E-state index in [1.807, 2.05) is 37.3 Å². The van der Waals surface area contributed by atoms with Crippen LogP contribution in [0.1, 0.15) is 26.6 Å². The van der Waals surface area contributed by atoms with Crippen molar-refractivity contribution in [3.05, 3.63) is 58.2 Å². The molecule has 0 radical (unpaired) electrons. The first kappa shape index (κ1) is 18.0. The van der Waals surface area contributed by atoms with Crippen LogP contribution in [0, 0.1) is 6.92 Å². The van der Waals surface area contributed by atoms with Crippen molar-refractivity contribution in [3.63, 3.8) is 0 Å². The molecule has 0 aliphatic carbocycles. The second-order valence-electron chi connectivity index (χ2n) is 7.20. The number of hydrogen-bond donors (Lipinski definition) is 1. The normalized spacial score (nSPS) is 14.1. The Morgan fingerprint density at radius 3 is 2.90 bits per heavy atom. The molecule has 8 heteroatoms. The minimum Gasteiger partial charge on any atom is -0.335 e. The van der Waals surface area contributed by atoms with Gasteiger partial charge in [0, 0.05) is 30.0 Å². The van der Waals surface area contributed by atoms with Gasteiger partial charge in [-0.1, -0.05) is 35.5 Å². The van der Waals surface area contributed by atoms with Crippen molar-refractivity contribution in [2.24, 2.45) is 0 Å². The number of rotatable bonds is 3. The van der Waals surface area contributed by atoms with E-state index >= 15 is 0 Å². The molecule has 4 heterocycles. The zero-order valence-corrected chi connectivity index (χ0v) is 16.9. The van der Waals surface area contributed by atoms with Gasteiger partial charge >= 0.3 is 0 Å². The first-order valence-corrected chi connectivity index (χ1v) is 10.2. The fourth-order valence-electron chi connectivity index (χ4n) is 3.57. The predicted molar refractivity (Wildman–Crippen MR) is 112 cm³/mol. The van der Waals surface area contributed by atoms with Crippen molar-refractivity contribution in [1.29, 1.82) is 0 Å². The Labute approximate surface area is 171 Å². The quantitative estimate of drug-likeness (QED) is 0.557. The second kappa shape index (κ2) is 7.06. The van der Waals surface area contributed by atoms with Gasteiger partial charge in [0.25, 0.3) is 11.6 Å². The number of nitrogens with zero attached hydrogens (tertiary/aromatic N) is 4. The molecule has 29 heavy (non-hydrogen) atoms. The van der Waals surface area contributed by atoms with E-state index in [2.05, 4.69) is 32.4 Å². The van der Waals surface area contributed by atoms with E-state index in [0.717, 1.165) is 30.8 Å². The summed E-state index contributed by atoms with van der Waals surface area (Å²) >= 11 is 1.53. The topological polar surface area (TPSA) is 84.1 Å². The average molecular weight is 405 g/mol. The highest BCUT2D eigenvalue weighted by Crippen LogP contribution is 2.30. The van der Waals surface area contributed by atoms with Crippen molar-refractivity contribution in [3.8, 4) is 11.3 Å². The van der Waals surface area contributed by atoms with E-state index in [9.17, 15) is 4.79 Å². The summed E-state index contributed by atoms with van der Waals surface area (Å²) in [6.45, 7) is 3.66. The molecule has 4 aromatic rings. The molecule has 1 amide bonds. The second-order valence-corrected chi connectivity index (χ2v) is 8.28. The number of aryl methyl sites for hydroxylation is 1. The Balaban J connectivity index is 1.53. The standard InChI is InChI=1S/C21H19N5O2S/c1-12-18-14(10-16(22-20(18)28-25-12)13-6-4-3-5-7-13)19(27)24-21-23-15-8-9-26(2)11-17(15)29-21/h3-7,10H,8-9,11H2,1-2H3,(H,23,24,27). The molecule has 1 aliphatic rings. The van der Waals surface area contributed by atoms with Crippen molar-refractivity contribution in [1.82, 2.24) is 20.0 Å². The zero-order chi connectivity index (χ0) is 20.0. The Morgan fingerprint density at radius 2 is 2.07 bits per heavy atom. The maximum atomic E-state index is 13.2. The van der Waals surface area contributed by atoms with Crippen molar-refractivity contribution < 1.29 is 9.32 Å². The van der Waals surface area contributed by atoms with E-state index in [-0.39, 0.29) is 5.91 Å². The number of nitrogens with one attached hydrogen (secondary N) is 1. The SMILES string of the molecule is Cc1noc2nc(-c3ccccc3)cc(C(=O)Nc3nc4c(s3)CN(C)CC4)c12. The smallest absolute Gasteiger partial charge is 0.259 e. The van der Waals surface area contributed by atoms with E-state index in [4.69, 9.17) is 4.52 Å². The zero-order valence-electron chi connectivity index (χ0n) is 16.1. The van der Waals surface area contributed by atoms with Crippen LogP contribution in [-0.2, 0) is 13.0 Å². The number of benzene rings is 1. The Morgan fingerprint density at radius 1 is 1.24 bits per heavy atom. The van der Waals surface area contributed by atoms with E-state index in [1.165, 1.54) is 16.2 Å². The molecular weight excluding hydrogens is 386 g/mol. The number of likely N-dealkylation sites (N-methyl/N-ethyl adjacent to an activating group) is 1. The largest absolute Gasteiger partial charge is 0.335 e. The number of carbonyl (C=O) groups is 1. The van der Waals surface area contributed by atoms with Gasteiger partial charge < -0.3 is 9.42 Å². The fraction of sp³-hybridized carbons (Fsp3) is 0.238. The maximum Gasteiger partial charge on any atom is 0.259 e. The van der Waals surface area contributed by atoms with Gasteiger partial charge in [-0.05, 0) is 20.0 Å².